The van der Waals surface area contributed by atoms with Crippen molar-refractivity contribution in [2.45, 2.75) is 44.0 Å². The second-order valence-electron chi connectivity index (χ2n) is 4.32. The summed E-state index contributed by atoms with van der Waals surface area (Å²) in [6.07, 6.45) is 5.68. The predicted molar refractivity (Wildman–Crippen MR) is 94.7 cm³/mol. The summed E-state index contributed by atoms with van der Waals surface area (Å²) in [5, 5.41) is 5.56. The largest absolute Gasteiger partial charge is 0.328 e. The van der Waals surface area contributed by atoms with Crippen LogP contribution in [-0.2, 0) is 21.0 Å². The Morgan fingerprint density at radius 1 is 1.52 bits per heavy atom. The Morgan fingerprint density at radius 3 is 3.00 bits per heavy atom. The molecule has 0 spiro atoms. The Hall–Kier alpha value is -0.0100. The summed E-state index contributed by atoms with van der Waals surface area (Å²) >= 11 is 8.82. The molecular formula is C12H20N3O2PS3. The van der Waals surface area contributed by atoms with E-state index in [0.717, 1.165) is 29.6 Å². The SMILES string of the molecule is CCCSP(=S)(OCC)ON=C1C(CC)Sc2nccn21. The van der Waals surface area contributed by atoms with Crippen molar-refractivity contribution in [1.82, 2.24) is 9.55 Å². The number of aromatic nitrogens is 2. The van der Waals surface area contributed by atoms with Gasteiger partial charge >= 0.3 is 5.69 Å². The number of thioether (sulfide) groups is 1. The zero-order valence-electron chi connectivity index (χ0n) is 12.4. The van der Waals surface area contributed by atoms with E-state index in [0.29, 0.717) is 6.61 Å². The van der Waals surface area contributed by atoms with Crippen LogP contribution in [0.25, 0.3) is 0 Å². The van der Waals surface area contributed by atoms with Crippen LogP contribution < -0.4 is 0 Å². The first-order valence-electron chi connectivity index (χ1n) is 6.99. The van der Waals surface area contributed by atoms with Crippen LogP contribution in [0.15, 0.2) is 22.7 Å². The monoisotopic (exact) mass is 365 g/mol. The lowest BCUT2D eigenvalue weighted by Gasteiger charge is -2.18. The van der Waals surface area contributed by atoms with Gasteiger partial charge in [-0.2, -0.15) is 0 Å². The molecule has 0 aromatic carbocycles. The number of imidazole rings is 1. The first kappa shape index (κ1) is 17.3. The van der Waals surface area contributed by atoms with Gasteiger partial charge in [-0.25, -0.2) is 4.98 Å². The summed E-state index contributed by atoms with van der Waals surface area (Å²) in [7, 11) is 0. The normalized spacial score (nSPS) is 22.2. The molecule has 0 fully saturated rings. The van der Waals surface area contributed by atoms with Crippen molar-refractivity contribution < 1.29 is 9.15 Å². The van der Waals surface area contributed by atoms with Crippen molar-refractivity contribution in [2.24, 2.45) is 5.16 Å². The number of fused-ring (bicyclic) bond motifs is 1. The minimum absolute atomic E-state index is 0.259. The van der Waals surface area contributed by atoms with Crippen molar-refractivity contribution in [3.8, 4) is 0 Å². The van der Waals surface area contributed by atoms with E-state index < -0.39 is 5.69 Å². The Labute approximate surface area is 139 Å². The lowest BCUT2D eigenvalue weighted by atomic mass is 10.3. The molecular weight excluding hydrogens is 345 g/mol. The lowest BCUT2D eigenvalue weighted by Crippen LogP contribution is -2.18. The fourth-order valence-electron chi connectivity index (χ4n) is 1.79. The summed E-state index contributed by atoms with van der Waals surface area (Å²) < 4.78 is 13.3. The average Bonchev–Trinajstić information content (AvgIpc) is 3.04. The summed E-state index contributed by atoms with van der Waals surface area (Å²) in [5.74, 6) is 1.78. The second-order valence-corrected chi connectivity index (χ2v) is 11.8. The number of hydrogen-bond acceptors (Lipinski definition) is 7. The van der Waals surface area contributed by atoms with Crippen LogP contribution >= 0.6 is 28.8 Å². The topological polar surface area (TPSA) is 48.6 Å². The highest BCUT2D eigenvalue weighted by Crippen LogP contribution is 2.61. The third-order valence-electron chi connectivity index (χ3n) is 2.74. The number of oxime groups is 1. The Bertz CT molecular complexity index is 550. The van der Waals surface area contributed by atoms with E-state index in [4.69, 9.17) is 21.0 Å². The summed E-state index contributed by atoms with van der Waals surface area (Å²) in [6, 6.07) is 0. The minimum atomic E-state index is -2.40. The van der Waals surface area contributed by atoms with E-state index in [-0.39, 0.29) is 5.25 Å². The fourth-order valence-corrected chi connectivity index (χ4v) is 7.03. The zero-order chi connectivity index (χ0) is 15.3. The van der Waals surface area contributed by atoms with E-state index in [2.05, 4.69) is 24.0 Å². The van der Waals surface area contributed by atoms with Gasteiger partial charge in [-0.05, 0) is 31.6 Å². The van der Waals surface area contributed by atoms with E-state index in [9.17, 15) is 0 Å². The molecule has 0 N–H and O–H groups in total. The van der Waals surface area contributed by atoms with Crippen molar-refractivity contribution in [2.75, 3.05) is 12.4 Å². The maximum Gasteiger partial charge on any atom is 0.322 e. The highest BCUT2D eigenvalue weighted by atomic mass is 32.9. The van der Waals surface area contributed by atoms with Gasteiger partial charge in [0.15, 0.2) is 11.0 Å². The van der Waals surface area contributed by atoms with E-state index in [1.165, 1.54) is 0 Å². The van der Waals surface area contributed by atoms with Crippen LogP contribution in [0.1, 0.15) is 33.6 Å². The van der Waals surface area contributed by atoms with Gasteiger partial charge in [-0.1, -0.05) is 42.1 Å². The van der Waals surface area contributed by atoms with Gasteiger partial charge < -0.3 is 9.15 Å². The van der Waals surface area contributed by atoms with Crippen LogP contribution in [-0.4, -0.2) is 33.0 Å². The molecule has 1 aliphatic rings. The fraction of sp³-hybridized carbons (Fsp3) is 0.667. The minimum Gasteiger partial charge on any atom is -0.328 e. The molecule has 1 aliphatic heterocycles. The molecule has 2 atom stereocenters. The number of hydrogen-bond donors (Lipinski definition) is 0. The van der Waals surface area contributed by atoms with Gasteiger partial charge in [0.25, 0.3) is 0 Å². The zero-order valence-corrected chi connectivity index (χ0v) is 15.7. The Morgan fingerprint density at radius 2 is 2.33 bits per heavy atom. The molecule has 0 aliphatic carbocycles. The van der Waals surface area contributed by atoms with Gasteiger partial charge in [0, 0.05) is 18.1 Å². The van der Waals surface area contributed by atoms with Crippen molar-refractivity contribution in [3.63, 3.8) is 0 Å². The third-order valence-corrected chi connectivity index (χ3v) is 9.32. The molecule has 1 aromatic rings. The molecule has 2 unspecified atom stereocenters. The molecule has 0 bridgehead atoms. The molecule has 0 radical (unpaired) electrons. The Kier molecular flexibility index (Phi) is 6.62. The average molecular weight is 365 g/mol. The summed E-state index contributed by atoms with van der Waals surface area (Å²) in [6.45, 7) is 6.71. The first-order valence-corrected chi connectivity index (χ1v) is 12.1. The van der Waals surface area contributed by atoms with Crippen LogP contribution in [0.3, 0.4) is 0 Å². The maximum absolute atomic E-state index is 5.71. The molecule has 2 heterocycles. The van der Waals surface area contributed by atoms with Crippen LogP contribution in [0, 0.1) is 0 Å². The number of nitrogens with zero attached hydrogens (tertiary/aromatic N) is 3. The molecule has 21 heavy (non-hydrogen) atoms. The quantitative estimate of drug-likeness (QED) is 0.504. The van der Waals surface area contributed by atoms with Gasteiger partial charge in [0.2, 0.25) is 0 Å². The van der Waals surface area contributed by atoms with Crippen molar-refractivity contribution in [1.29, 1.82) is 0 Å². The Balaban J connectivity index is 2.15. The van der Waals surface area contributed by atoms with Crippen molar-refractivity contribution in [3.05, 3.63) is 12.4 Å². The lowest BCUT2D eigenvalue weighted by molar-refractivity contribution is 0.278. The third kappa shape index (κ3) is 4.26. The van der Waals surface area contributed by atoms with E-state index >= 15 is 0 Å². The molecule has 1 aromatic heterocycles. The highest BCUT2D eigenvalue weighted by molar-refractivity contribution is 8.67. The molecule has 0 amide bonds. The standard InChI is InChI=1S/C12H20N3O2PS3/c1-4-9-20-18(19,16-6-3)17-14-11-10(5-2)21-12-13-7-8-15(11)12/h7-8,10H,4-6,9H2,1-3H3. The summed E-state index contributed by atoms with van der Waals surface area (Å²) in [4.78, 5) is 4.31. The predicted octanol–water partition coefficient (Wildman–Crippen LogP) is 4.35. The molecule has 118 valence electrons. The summed E-state index contributed by atoms with van der Waals surface area (Å²) in [5.41, 5.74) is -2.40. The smallest absolute Gasteiger partial charge is 0.322 e. The van der Waals surface area contributed by atoms with Crippen LogP contribution in [0.4, 0.5) is 0 Å². The number of rotatable bonds is 8. The van der Waals surface area contributed by atoms with Gasteiger partial charge in [-0.3, -0.25) is 4.57 Å². The van der Waals surface area contributed by atoms with Gasteiger partial charge in [0.05, 0.1) is 11.9 Å². The van der Waals surface area contributed by atoms with Crippen molar-refractivity contribution >= 4 is 46.5 Å². The molecule has 0 saturated carbocycles. The van der Waals surface area contributed by atoms with Crippen LogP contribution in [0.5, 0.6) is 0 Å². The molecule has 0 saturated heterocycles. The van der Waals surface area contributed by atoms with E-state index in [1.54, 1.807) is 29.3 Å². The molecule has 9 heteroatoms. The van der Waals surface area contributed by atoms with Gasteiger partial charge in [0.1, 0.15) is 0 Å². The highest BCUT2D eigenvalue weighted by Gasteiger charge is 2.30. The second kappa shape index (κ2) is 8.02. The van der Waals surface area contributed by atoms with Crippen LogP contribution in [0.2, 0.25) is 0 Å². The van der Waals surface area contributed by atoms with E-state index in [1.807, 2.05) is 17.7 Å². The van der Waals surface area contributed by atoms with Gasteiger partial charge in [-0.15, -0.1) is 0 Å². The maximum atomic E-state index is 5.71. The molecule has 5 nitrogen and oxygen atoms in total. The molecule has 2 rings (SSSR count). The first-order chi connectivity index (χ1) is 10.1.